The third-order valence-corrected chi connectivity index (χ3v) is 8.41. The van der Waals surface area contributed by atoms with Gasteiger partial charge in [0.15, 0.2) is 0 Å². The number of urea groups is 1. The van der Waals surface area contributed by atoms with Crippen molar-refractivity contribution in [3.63, 3.8) is 0 Å². The fraction of sp³-hybridized carbons (Fsp3) is 0.690. The van der Waals surface area contributed by atoms with E-state index in [-0.39, 0.29) is 36.2 Å². The largest absolute Gasteiger partial charge is 0.328 e. The van der Waals surface area contributed by atoms with E-state index in [2.05, 4.69) is 33.0 Å². The number of carbonyl (C=O) groups is 3. The summed E-state index contributed by atoms with van der Waals surface area (Å²) in [7, 11) is 0. The maximum Gasteiger partial charge on any atom is 0.328 e. The first kappa shape index (κ1) is 25.7. The van der Waals surface area contributed by atoms with Gasteiger partial charge in [0.05, 0.1) is 0 Å². The molecule has 1 aromatic rings. The molecular formula is C29H43N3O3. The van der Waals surface area contributed by atoms with Gasteiger partial charge in [-0.3, -0.25) is 14.5 Å². The minimum absolute atomic E-state index is 0.158. The number of carbonyl (C=O) groups excluding carboxylic acids is 3. The highest BCUT2D eigenvalue weighted by atomic mass is 16.2. The third-order valence-electron chi connectivity index (χ3n) is 8.41. The summed E-state index contributed by atoms with van der Waals surface area (Å²) in [6.45, 7) is 8.87. The van der Waals surface area contributed by atoms with Crippen molar-refractivity contribution in [1.29, 1.82) is 0 Å². The lowest BCUT2D eigenvalue weighted by Crippen LogP contribution is -2.52. The minimum atomic E-state index is -0.744. The van der Waals surface area contributed by atoms with E-state index in [4.69, 9.17) is 0 Å². The van der Waals surface area contributed by atoms with Crippen molar-refractivity contribution in [1.82, 2.24) is 9.80 Å². The summed E-state index contributed by atoms with van der Waals surface area (Å²) in [5.74, 6) is 0.493. The normalized spacial score (nSPS) is 21.0. The summed E-state index contributed by atoms with van der Waals surface area (Å²) >= 11 is 0. The molecule has 4 amide bonds. The van der Waals surface area contributed by atoms with Gasteiger partial charge in [0.2, 0.25) is 5.91 Å². The van der Waals surface area contributed by atoms with Crippen LogP contribution in [0.1, 0.15) is 115 Å². The van der Waals surface area contributed by atoms with E-state index in [0.29, 0.717) is 12.5 Å². The second-order valence-corrected chi connectivity index (χ2v) is 11.5. The van der Waals surface area contributed by atoms with Crippen molar-refractivity contribution in [2.24, 2.45) is 5.92 Å². The van der Waals surface area contributed by atoms with Crippen LogP contribution in [0, 0.1) is 5.92 Å². The van der Waals surface area contributed by atoms with Gasteiger partial charge >= 0.3 is 6.03 Å². The number of amides is 4. The van der Waals surface area contributed by atoms with Crippen LogP contribution in [-0.4, -0.2) is 46.3 Å². The van der Waals surface area contributed by atoms with Crippen molar-refractivity contribution in [3.8, 4) is 0 Å². The number of anilines is 1. The maximum atomic E-state index is 13.8. The molecule has 0 atom stereocenters. The summed E-state index contributed by atoms with van der Waals surface area (Å²) in [6, 6.07) is 5.85. The first-order valence-corrected chi connectivity index (χ1v) is 13.8. The van der Waals surface area contributed by atoms with Crippen LogP contribution < -0.4 is 5.32 Å². The molecule has 1 heterocycles. The molecule has 0 aromatic heterocycles. The number of nitrogens with one attached hydrogen (secondary N) is 1. The molecule has 6 nitrogen and oxygen atoms in total. The molecule has 1 aromatic carbocycles. The van der Waals surface area contributed by atoms with Crippen LogP contribution >= 0.6 is 0 Å². The van der Waals surface area contributed by atoms with Crippen LogP contribution in [0.15, 0.2) is 18.2 Å². The average Bonchev–Trinajstić information content (AvgIpc) is 3.01. The van der Waals surface area contributed by atoms with Gasteiger partial charge in [0.25, 0.3) is 5.91 Å². The zero-order valence-electron chi connectivity index (χ0n) is 22.1. The Balaban J connectivity index is 1.56. The quantitative estimate of drug-likeness (QED) is 0.457. The Morgan fingerprint density at radius 1 is 0.943 bits per heavy atom. The Labute approximate surface area is 210 Å². The summed E-state index contributed by atoms with van der Waals surface area (Å²) in [5.41, 5.74) is 2.23. The Bertz CT molecular complexity index is 916. The summed E-state index contributed by atoms with van der Waals surface area (Å²) in [4.78, 5) is 43.8. The highest BCUT2D eigenvalue weighted by Crippen LogP contribution is 2.42. The van der Waals surface area contributed by atoms with Crippen LogP contribution in [0.25, 0.3) is 0 Å². The Hall–Kier alpha value is -2.37. The fourth-order valence-electron chi connectivity index (χ4n) is 6.44. The van der Waals surface area contributed by atoms with E-state index in [1.54, 1.807) is 0 Å². The molecular weight excluding hydrogens is 438 g/mol. The van der Waals surface area contributed by atoms with Gasteiger partial charge in [-0.05, 0) is 54.6 Å². The molecule has 0 radical (unpaired) electrons. The Morgan fingerprint density at radius 2 is 1.51 bits per heavy atom. The molecule has 192 valence electrons. The van der Waals surface area contributed by atoms with Crippen LogP contribution in [0.2, 0.25) is 0 Å². The predicted octanol–water partition coefficient (Wildman–Crippen LogP) is 6.42. The molecule has 2 aliphatic carbocycles. The number of hydrogen-bond acceptors (Lipinski definition) is 3. The standard InChI is InChI=1S/C29H43N3O3/c1-20(2)23-14-11-15-24(21(3)4)26(23)30-25(33)19-31-27(34)29(16-9-6-10-17-29)32(28(31)35)18-22-12-7-5-8-13-22/h11,14-15,20-22H,5-10,12-13,16-19H2,1-4H3,(H,30,33). The van der Waals surface area contributed by atoms with Crippen molar-refractivity contribution >= 4 is 23.5 Å². The SMILES string of the molecule is CC(C)c1cccc(C(C)C)c1NC(=O)CN1C(=O)N(CC2CCCCC2)C2(CCCCC2)C1=O. The van der Waals surface area contributed by atoms with Gasteiger partial charge in [-0.15, -0.1) is 0 Å². The Kier molecular flexibility index (Phi) is 7.87. The van der Waals surface area contributed by atoms with Crippen LogP contribution in [0.4, 0.5) is 10.5 Å². The maximum absolute atomic E-state index is 13.8. The van der Waals surface area contributed by atoms with E-state index >= 15 is 0 Å². The van der Waals surface area contributed by atoms with Crippen LogP contribution in [-0.2, 0) is 9.59 Å². The average molecular weight is 482 g/mol. The molecule has 3 fully saturated rings. The van der Waals surface area contributed by atoms with Gasteiger partial charge in [0, 0.05) is 12.2 Å². The summed E-state index contributed by atoms with van der Waals surface area (Å²) < 4.78 is 0. The molecule has 1 N–H and O–H groups in total. The second kappa shape index (κ2) is 10.7. The van der Waals surface area contributed by atoms with E-state index in [9.17, 15) is 14.4 Å². The molecule has 1 spiro atoms. The summed E-state index contributed by atoms with van der Waals surface area (Å²) in [6.07, 6.45) is 10.4. The zero-order chi connectivity index (χ0) is 25.2. The fourth-order valence-corrected chi connectivity index (χ4v) is 6.44. The number of nitrogens with zero attached hydrogens (tertiary/aromatic N) is 2. The molecule has 3 aliphatic rings. The highest BCUT2D eigenvalue weighted by molar-refractivity contribution is 6.10. The van der Waals surface area contributed by atoms with Gasteiger partial charge in [-0.25, -0.2) is 4.79 Å². The third kappa shape index (κ3) is 5.12. The summed E-state index contributed by atoms with van der Waals surface area (Å²) in [5, 5.41) is 3.09. The van der Waals surface area contributed by atoms with Crippen LogP contribution in [0.3, 0.4) is 0 Å². The molecule has 4 rings (SSSR count). The smallest absolute Gasteiger partial charge is 0.324 e. The molecule has 35 heavy (non-hydrogen) atoms. The second-order valence-electron chi connectivity index (χ2n) is 11.5. The van der Waals surface area contributed by atoms with Crippen molar-refractivity contribution in [2.75, 3.05) is 18.4 Å². The lowest BCUT2D eigenvalue weighted by Gasteiger charge is -2.40. The highest BCUT2D eigenvalue weighted by Gasteiger charge is 2.57. The molecule has 0 unspecified atom stereocenters. The van der Waals surface area contributed by atoms with Crippen molar-refractivity contribution < 1.29 is 14.4 Å². The number of benzene rings is 1. The lowest BCUT2D eigenvalue weighted by atomic mass is 9.79. The van der Waals surface area contributed by atoms with Gasteiger partial charge < -0.3 is 10.2 Å². The van der Waals surface area contributed by atoms with Crippen molar-refractivity contribution in [2.45, 2.75) is 109 Å². The van der Waals surface area contributed by atoms with E-state index in [0.717, 1.165) is 61.8 Å². The van der Waals surface area contributed by atoms with Gasteiger partial charge in [-0.2, -0.15) is 0 Å². The number of rotatable bonds is 7. The molecule has 1 aliphatic heterocycles. The van der Waals surface area contributed by atoms with E-state index < -0.39 is 5.54 Å². The Morgan fingerprint density at radius 3 is 2.09 bits per heavy atom. The van der Waals surface area contributed by atoms with E-state index in [1.165, 1.54) is 24.2 Å². The van der Waals surface area contributed by atoms with Gasteiger partial charge in [0.1, 0.15) is 12.1 Å². The number of hydrogen-bond donors (Lipinski definition) is 1. The van der Waals surface area contributed by atoms with Crippen LogP contribution in [0.5, 0.6) is 0 Å². The van der Waals surface area contributed by atoms with Gasteiger partial charge in [-0.1, -0.05) is 84.4 Å². The number of para-hydroxylation sites is 1. The van der Waals surface area contributed by atoms with Crippen molar-refractivity contribution in [3.05, 3.63) is 29.3 Å². The molecule has 2 saturated carbocycles. The minimum Gasteiger partial charge on any atom is -0.324 e. The topological polar surface area (TPSA) is 69.7 Å². The van der Waals surface area contributed by atoms with E-state index in [1.807, 2.05) is 23.1 Å². The monoisotopic (exact) mass is 481 g/mol. The molecule has 1 saturated heterocycles. The zero-order valence-corrected chi connectivity index (χ0v) is 22.1. The molecule has 0 bridgehead atoms. The first-order chi connectivity index (χ1) is 16.7. The number of imide groups is 1. The first-order valence-electron chi connectivity index (χ1n) is 13.8. The predicted molar refractivity (Wildman–Crippen MR) is 139 cm³/mol. The lowest BCUT2D eigenvalue weighted by molar-refractivity contribution is -0.137. The molecule has 6 heteroatoms.